The fourth-order valence-corrected chi connectivity index (χ4v) is 4.63. The number of hydrogen-bond acceptors (Lipinski definition) is 2. The second-order valence-corrected chi connectivity index (χ2v) is 8.07. The van der Waals surface area contributed by atoms with Crippen molar-refractivity contribution in [3.63, 3.8) is 0 Å². The Kier molecular flexibility index (Phi) is 5.27. The van der Waals surface area contributed by atoms with Crippen LogP contribution < -0.4 is 0 Å². The molecule has 1 heterocycles. The van der Waals surface area contributed by atoms with Crippen LogP contribution in [0.25, 0.3) is 6.08 Å². The largest absolute Gasteiger partial charge is 0.298 e. The third kappa shape index (κ3) is 3.63. The van der Waals surface area contributed by atoms with E-state index in [1.807, 2.05) is 30.3 Å². The fraction of sp³-hybridized carbons (Fsp3) is 0.545. The van der Waals surface area contributed by atoms with Crippen molar-refractivity contribution in [3.05, 3.63) is 41.6 Å². The number of carbonyl (C=O) groups excluding carboxylic acids is 1. The van der Waals surface area contributed by atoms with Crippen LogP contribution in [0.15, 0.2) is 30.5 Å². The number of nitriles is 1. The molecule has 25 heavy (non-hydrogen) atoms. The van der Waals surface area contributed by atoms with Crippen LogP contribution in [0.3, 0.4) is 0 Å². The Hall–Kier alpha value is -2.08. The lowest BCUT2D eigenvalue weighted by atomic mass is 9.69. The number of amides is 1. The highest BCUT2D eigenvalue weighted by atomic mass is 16.2. The molecule has 1 amide bonds. The average molecular weight is 336 g/mol. The summed E-state index contributed by atoms with van der Waals surface area (Å²) < 4.78 is 0. The Labute approximate surface area is 151 Å². The topological polar surface area (TPSA) is 44.1 Å². The van der Waals surface area contributed by atoms with Gasteiger partial charge in [-0.3, -0.25) is 9.69 Å². The van der Waals surface area contributed by atoms with Gasteiger partial charge in [-0.1, -0.05) is 51.5 Å². The van der Waals surface area contributed by atoms with Crippen molar-refractivity contribution in [2.24, 2.45) is 23.7 Å². The van der Waals surface area contributed by atoms with E-state index >= 15 is 0 Å². The van der Waals surface area contributed by atoms with E-state index in [1.165, 1.54) is 12.8 Å². The standard InChI is InChI=1S/C22H28N2O/c1-15(2)19-9-8-16(3)12-18(19)13-22(25)24-11-10-17-6-4-5-7-20(17)21(24)14-23/h4-7,10-11,15-16,18-19,21H,8-9,12-13H2,1-3H3/t16-,18+,19+,21+/m0/s1. The Bertz CT molecular complexity index is 700. The monoisotopic (exact) mass is 336 g/mol. The van der Waals surface area contributed by atoms with Gasteiger partial charge in [0, 0.05) is 12.6 Å². The maximum absolute atomic E-state index is 13.0. The molecule has 132 valence electrons. The molecular formula is C22H28N2O. The zero-order valence-corrected chi connectivity index (χ0v) is 15.5. The maximum atomic E-state index is 13.0. The molecule has 1 fully saturated rings. The van der Waals surface area contributed by atoms with E-state index in [0.717, 1.165) is 17.5 Å². The Balaban J connectivity index is 1.78. The van der Waals surface area contributed by atoms with Crippen molar-refractivity contribution in [1.29, 1.82) is 5.26 Å². The van der Waals surface area contributed by atoms with Gasteiger partial charge in [-0.25, -0.2) is 0 Å². The lowest BCUT2D eigenvalue weighted by Gasteiger charge is -2.38. The van der Waals surface area contributed by atoms with Crippen molar-refractivity contribution in [2.75, 3.05) is 0 Å². The minimum atomic E-state index is -0.507. The van der Waals surface area contributed by atoms with Crippen molar-refractivity contribution in [2.45, 2.75) is 52.5 Å². The number of fused-ring (bicyclic) bond motifs is 1. The van der Waals surface area contributed by atoms with Crippen LogP contribution in [0.1, 0.15) is 63.6 Å². The summed E-state index contributed by atoms with van der Waals surface area (Å²) in [5.74, 6) is 2.43. The van der Waals surface area contributed by atoms with Crippen LogP contribution >= 0.6 is 0 Å². The van der Waals surface area contributed by atoms with Gasteiger partial charge in [0.05, 0.1) is 6.07 Å². The Morgan fingerprint density at radius 1 is 1.32 bits per heavy atom. The molecule has 3 rings (SSSR count). The number of nitrogens with zero attached hydrogens (tertiary/aromatic N) is 2. The molecule has 0 radical (unpaired) electrons. The van der Waals surface area contributed by atoms with E-state index in [4.69, 9.17) is 0 Å². The molecule has 1 saturated carbocycles. The molecule has 3 heteroatoms. The van der Waals surface area contributed by atoms with Gasteiger partial charge in [-0.05, 0) is 53.7 Å². The second-order valence-electron chi connectivity index (χ2n) is 8.07. The van der Waals surface area contributed by atoms with E-state index in [9.17, 15) is 10.1 Å². The summed E-state index contributed by atoms with van der Waals surface area (Å²) in [7, 11) is 0. The van der Waals surface area contributed by atoms with Crippen LogP contribution in [-0.2, 0) is 4.79 Å². The average Bonchev–Trinajstić information content (AvgIpc) is 2.60. The maximum Gasteiger partial charge on any atom is 0.228 e. The van der Waals surface area contributed by atoms with E-state index in [0.29, 0.717) is 30.1 Å². The third-order valence-corrected chi connectivity index (χ3v) is 5.99. The molecule has 0 N–H and O–H groups in total. The zero-order chi connectivity index (χ0) is 18.0. The van der Waals surface area contributed by atoms with Crippen LogP contribution in [0, 0.1) is 35.0 Å². The Morgan fingerprint density at radius 3 is 2.80 bits per heavy atom. The Morgan fingerprint density at radius 2 is 2.08 bits per heavy atom. The van der Waals surface area contributed by atoms with Crippen molar-refractivity contribution < 1.29 is 4.79 Å². The van der Waals surface area contributed by atoms with Gasteiger partial charge < -0.3 is 0 Å². The molecule has 4 atom stereocenters. The van der Waals surface area contributed by atoms with Gasteiger partial charge >= 0.3 is 0 Å². The highest BCUT2D eigenvalue weighted by molar-refractivity contribution is 5.81. The fourth-order valence-electron chi connectivity index (χ4n) is 4.63. The molecule has 2 aliphatic rings. The first-order valence-electron chi connectivity index (χ1n) is 9.49. The predicted octanol–water partition coefficient (Wildman–Crippen LogP) is 5.16. The van der Waals surface area contributed by atoms with Crippen LogP contribution in [0.2, 0.25) is 0 Å². The molecule has 0 saturated heterocycles. The SMILES string of the molecule is CC(C)[C@H]1CC[C@H](C)C[C@@H]1CC(=O)N1C=Cc2ccccc2[C@H]1C#N. The number of hydrogen-bond donors (Lipinski definition) is 0. The number of benzene rings is 1. The van der Waals surface area contributed by atoms with Crippen LogP contribution in [0.5, 0.6) is 0 Å². The molecule has 3 nitrogen and oxygen atoms in total. The molecule has 0 unspecified atom stereocenters. The summed E-state index contributed by atoms with van der Waals surface area (Å²) in [6.45, 7) is 6.84. The third-order valence-electron chi connectivity index (χ3n) is 5.99. The smallest absolute Gasteiger partial charge is 0.228 e. The normalized spacial score (nSPS) is 28.5. The molecule has 0 bridgehead atoms. The first kappa shape index (κ1) is 17.7. The summed E-state index contributed by atoms with van der Waals surface area (Å²) in [5, 5.41) is 9.67. The molecule has 1 aromatic rings. The second kappa shape index (κ2) is 7.44. The van der Waals surface area contributed by atoms with E-state index < -0.39 is 6.04 Å². The summed E-state index contributed by atoms with van der Waals surface area (Å²) >= 11 is 0. The zero-order valence-electron chi connectivity index (χ0n) is 15.5. The number of rotatable bonds is 3. The van der Waals surface area contributed by atoms with Gasteiger partial charge in [0.2, 0.25) is 5.91 Å². The number of carbonyl (C=O) groups is 1. The van der Waals surface area contributed by atoms with Gasteiger partial charge in [-0.15, -0.1) is 0 Å². The molecule has 1 aliphatic carbocycles. The molecular weight excluding hydrogens is 308 g/mol. The minimum Gasteiger partial charge on any atom is -0.298 e. The molecule has 0 aromatic heterocycles. The molecule has 1 aromatic carbocycles. The summed E-state index contributed by atoms with van der Waals surface area (Å²) in [6, 6.07) is 9.66. The highest BCUT2D eigenvalue weighted by Gasteiger charge is 2.35. The van der Waals surface area contributed by atoms with Gasteiger partial charge in [0.15, 0.2) is 0 Å². The lowest BCUT2D eigenvalue weighted by molar-refractivity contribution is -0.131. The summed E-state index contributed by atoms with van der Waals surface area (Å²) in [4.78, 5) is 14.7. The summed E-state index contributed by atoms with van der Waals surface area (Å²) in [6.07, 6.45) is 7.92. The van der Waals surface area contributed by atoms with Gasteiger partial charge in [-0.2, -0.15) is 5.26 Å². The van der Waals surface area contributed by atoms with Crippen LogP contribution in [0.4, 0.5) is 0 Å². The van der Waals surface area contributed by atoms with Crippen molar-refractivity contribution in [1.82, 2.24) is 4.90 Å². The van der Waals surface area contributed by atoms with E-state index in [-0.39, 0.29) is 5.91 Å². The first-order chi connectivity index (χ1) is 12.0. The van der Waals surface area contributed by atoms with E-state index in [2.05, 4.69) is 26.8 Å². The van der Waals surface area contributed by atoms with E-state index in [1.54, 1.807) is 11.1 Å². The molecule has 1 aliphatic heterocycles. The summed E-state index contributed by atoms with van der Waals surface area (Å²) in [5.41, 5.74) is 1.96. The van der Waals surface area contributed by atoms with Gasteiger partial charge in [0.25, 0.3) is 0 Å². The van der Waals surface area contributed by atoms with Gasteiger partial charge in [0.1, 0.15) is 6.04 Å². The van der Waals surface area contributed by atoms with Crippen molar-refractivity contribution in [3.8, 4) is 6.07 Å². The van der Waals surface area contributed by atoms with Crippen molar-refractivity contribution >= 4 is 12.0 Å². The minimum absolute atomic E-state index is 0.0852. The first-order valence-corrected chi connectivity index (χ1v) is 9.49. The lowest BCUT2D eigenvalue weighted by Crippen LogP contribution is -2.36. The van der Waals surface area contributed by atoms with Crippen LogP contribution in [-0.4, -0.2) is 10.8 Å². The molecule has 0 spiro atoms. The highest BCUT2D eigenvalue weighted by Crippen LogP contribution is 2.41. The quantitative estimate of drug-likeness (QED) is 0.765. The predicted molar refractivity (Wildman–Crippen MR) is 100 cm³/mol.